The second-order valence-electron chi connectivity index (χ2n) is 5.47. The molecule has 1 fully saturated rings. The number of aliphatic imine (C=N–C) groups is 1. The molecule has 0 bridgehead atoms. The van der Waals surface area contributed by atoms with Gasteiger partial charge in [-0.25, -0.2) is 8.42 Å². The first kappa shape index (κ1) is 19.7. The van der Waals surface area contributed by atoms with Crippen LogP contribution in [0.1, 0.15) is 13.8 Å². The third-order valence-corrected chi connectivity index (χ3v) is 4.36. The fourth-order valence-corrected chi connectivity index (χ4v) is 2.61. The summed E-state index contributed by atoms with van der Waals surface area (Å²) < 4.78 is 27.3. The Morgan fingerprint density at radius 1 is 1.17 bits per heavy atom. The molecule has 9 heteroatoms. The Morgan fingerprint density at radius 2 is 1.78 bits per heavy atom. The number of hydrogen-bond donors (Lipinski definition) is 1. The Balaban J connectivity index is 2.37. The van der Waals surface area contributed by atoms with Crippen LogP contribution >= 0.6 is 0 Å². The third kappa shape index (κ3) is 8.17. The van der Waals surface area contributed by atoms with E-state index in [1.807, 2.05) is 11.8 Å². The van der Waals surface area contributed by atoms with Crippen molar-refractivity contribution in [1.82, 2.24) is 15.1 Å². The predicted octanol–water partition coefficient (Wildman–Crippen LogP) is -0.823. The van der Waals surface area contributed by atoms with E-state index in [1.165, 1.54) is 6.26 Å². The van der Waals surface area contributed by atoms with E-state index in [2.05, 4.69) is 15.2 Å². The zero-order valence-corrected chi connectivity index (χ0v) is 15.1. The molecule has 0 radical (unpaired) electrons. The molecule has 1 amide bonds. The van der Waals surface area contributed by atoms with Gasteiger partial charge in [0.2, 0.25) is 5.91 Å². The van der Waals surface area contributed by atoms with E-state index in [-0.39, 0.29) is 18.3 Å². The molecular formula is C14H28N4O4S. The van der Waals surface area contributed by atoms with Gasteiger partial charge in [0.25, 0.3) is 0 Å². The normalized spacial score (nSPS) is 16.6. The summed E-state index contributed by atoms with van der Waals surface area (Å²) in [6.45, 7) is 8.31. The molecule has 0 aromatic rings. The SMILES string of the molecule is CCNC(=NCCOCCS(C)(=O)=O)N1CCN(C(C)=O)CC1. The van der Waals surface area contributed by atoms with Crippen molar-refractivity contribution in [2.75, 3.05) is 64.5 Å². The van der Waals surface area contributed by atoms with Crippen LogP contribution in [0.3, 0.4) is 0 Å². The van der Waals surface area contributed by atoms with Crippen LogP contribution in [0.5, 0.6) is 0 Å². The van der Waals surface area contributed by atoms with Crippen molar-refractivity contribution in [3.63, 3.8) is 0 Å². The van der Waals surface area contributed by atoms with Gasteiger partial charge in [0.05, 0.1) is 25.5 Å². The maximum Gasteiger partial charge on any atom is 0.219 e. The minimum Gasteiger partial charge on any atom is -0.378 e. The van der Waals surface area contributed by atoms with Gasteiger partial charge in [0.1, 0.15) is 9.84 Å². The second kappa shape index (κ2) is 9.71. The molecular weight excluding hydrogens is 320 g/mol. The first-order valence-electron chi connectivity index (χ1n) is 7.87. The number of sulfone groups is 1. The highest BCUT2D eigenvalue weighted by Crippen LogP contribution is 2.02. The molecule has 0 unspecified atom stereocenters. The molecule has 0 spiro atoms. The van der Waals surface area contributed by atoms with Gasteiger partial charge in [0.15, 0.2) is 5.96 Å². The predicted molar refractivity (Wildman–Crippen MR) is 90.3 cm³/mol. The highest BCUT2D eigenvalue weighted by molar-refractivity contribution is 7.90. The van der Waals surface area contributed by atoms with Crippen molar-refractivity contribution >= 4 is 21.7 Å². The van der Waals surface area contributed by atoms with Crippen LogP contribution in [-0.2, 0) is 19.4 Å². The van der Waals surface area contributed by atoms with Gasteiger partial charge in [-0.05, 0) is 6.92 Å². The largest absolute Gasteiger partial charge is 0.378 e. The Hall–Kier alpha value is -1.35. The van der Waals surface area contributed by atoms with Crippen LogP contribution in [0.15, 0.2) is 4.99 Å². The Labute approximate surface area is 138 Å². The van der Waals surface area contributed by atoms with Crippen molar-refractivity contribution in [1.29, 1.82) is 0 Å². The molecule has 0 atom stereocenters. The van der Waals surface area contributed by atoms with E-state index in [9.17, 15) is 13.2 Å². The number of carbonyl (C=O) groups is 1. The van der Waals surface area contributed by atoms with Crippen LogP contribution in [0.25, 0.3) is 0 Å². The van der Waals surface area contributed by atoms with Crippen LogP contribution in [-0.4, -0.2) is 94.6 Å². The van der Waals surface area contributed by atoms with E-state index >= 15 is 0 Å². The van der Waals surface area contributed by atoms with Gasteiger partial charge >= 0.3 is 0 Å². The van der Waals surface area contributed by atoms with Gasteiger partial charge in [0, 0.05) is 45.9 Å². The number of nitrogens with one attached hydrogen (secondary N) is 1. The lowest BCUT2D eigenvalue weighted by Crippen LogP contribution is -2.53. The zero-order valence-electron chi connectivity index (χ0n) is 14.2. The maximum absolute atomic E-state index is 11.3. The average Bonchev–Trinajstić information content (AvgIpc) is 2.48. The summed E-state index contributed by atoms with van der Waals surface area (Å²) in [5.74, 6) is 0.942. The van der Waals surface area contributed by atoms with E-state index < -0.39 is 9.84 Å². The number of ether oxygens (including phenoxy) is 1. The summed E-state index contributed by atoms with van der Waals surface area (Å²) in [7, 11) is -2.98. The van der Waals surface area contributed by atoms with Crippen molar-refractivity contribution < 1.29 is 17.9 Å². The smallest absolute Gasteiger partial charge is 0.219 e. The Morgan fingerprint density at radius 3 is 2.30 bits per heavy atom. The topological polar surface area (TPSA) is 91.3 Å². The number of nitrogens with zero attached hydrogens (tertiary/aromatic N) is 3. The van der Waals surface area contributed by atoms with Crippen LogP contribution < -0.4 is 5.32 Å². The summed E-state index contributed by atoms with van der Waals surface area (Å²) in [6, 6.07) is 0. The van der Waals surface area contributed by atoms with Gasteiger partial charge in [-0.3, -0.25) is 9.79 Å². The lowest BCUT2D eigenvalue weighted by molar-refractivity contribution is -0.130. The lowest BCUT2D eigenvalue weighted by Gasteiger charge is -2.36. The number of rotatable bonds is 7. The van der Waals surface area contributed by atoms with Gasteiger partial charge in [-0.2, -0.15) is 0 Å². The molecule has 0 aromatic carbocycles. The molecule has 23 heavy (non-hydrogen) atoms. The number of piperazine rings is 1. The first-order valence-corrected chi connectivity index (χ1v) is 9.93. The molecule has 1 heterocycles. The van der Waals surface area contributed by atoms with Crippen molar-refractivity contribution in [2.24, 2.45) is 4.99 Å². The minimum atomic E-state index is -2.98. The van der Waals surface area contributed by atoms with Crippen LogP contribution in [0.4, 0.5) is 0 Å². The van der Waals surface area contributed by atoms with Gasteiger partial charge in [-0.15, -0.1) is 0 Å². The summed E-state index contributed by atoms with van der Waals surface area (Å²) in [5, 5.41) is 3.23. The average molecular weight is 348 g/mol. The quantitative estimate of drug-likeness (QED) is 0.367. The highest BCUT2D eigenvalue weighted by Gasteiger charge is 2.20. The van der Waals surface area contributed by atoms with Crippen molar-refractivity contribution in [3.8, 4) is 0 Å². The number of amides is 1. The minimum absolute atomic E-state index is 0.0315. The van der Waals surface area contributed by atoms with Gasteiger partial charge in [-0.1, -0.05) is 0 Å². The molecule has 134 valence electrons. The number of hydrogen-bond acceptors (Lipinski definition) is 5. The Kier molecular flexibility index (Phi) is 8.32. The molecule has 8 nitrogen and oxygen atoms in total. The Bertz CT molecular complexity index is 499. The molecule has 0 aromatic heterocycles. The number of carbonyl (C=O) groups excluding carboxylic acids is 1. The first-order chi connectivity index (χ1) is 10.8. The molecule has 1 aliphatic rings. The monoisotopic (exact) mass is 348 g/mol. The van der Waals surface area contributed by atoms with Crippen LogP contribution in [0, 0.1) is 0 Å². The molecule has 1 rings (SSSR count). The summed E-state index contributed by atoms with van der Waals surface area (Å²) >= 11 is 0. The van der Waals surface area contributed by atoms with Crippen molar-refractivity contribution in [3.05, 3.63) is 0 Å². The van der Waals surface area contributed by atoms with E-state index in [4.69, 9.17) is 4.74 Å². The lowest BCUT2D eigenvalue weighted by atomic mass is 10.3. The molecule has 0 saturated carbocycles. The zero-order chi connectivity index (χ0) is 17.3. The second-order valence-corrected chi connectivity index (χ2v) is 7.73. The summed E-state index contributed by atoms with van der Waals surface area (Å²) in [4.78, 5) is 19.8. The molecule has 0 aliphatic carbocycles. The fraction of sp³-hybridized carbons (Fsp3) is 0.857. The third-order valence-electron chi connectivity index (χ3n) is 3.46. The van der Waals surface area contributed by atoms with E-state index in [1.54, 1.807) is 6.92 Å². The standard InChI is InChI=1S/C14H28N4O4S/c1-4-15-14(16-5-10-22-11-12-23(3,20)21)18-8-6-17(7-9-18)13(2)19/h4-12H2,1-3H3,(H,15,16). The maximum atomic E-state index is 11.3. The fourth-order valence-electron chi connectivity index (χ4n) is 2.19. The van der Waals surface area contributed by atoms with E-state index in [0.29, 0.717) is 26.2 Å². The molecule has 1 N–H and O–H groups in total. The number of guanidine groups is 1. The van der Waals surface area contributed by atoms with Crippen molar-refractivity contribution in [2.45, 2.75) is 13.8 Å². The van der Waals surface area contributed by atoms with E-state index in [0.717, 1.165) is 25.6 Å². The highest BCUT2D eigenvalue weighted by atomic mass is 32.2. The summed E-state index contributed by atoms with van der Waals surface area (Å²) in [5.41, 5.74) is 0. The molecule has 1 saturated heterocycles. The molecule has 1 aliphatic heterocycles. The van der Waals surface area contributed by atoms with Gasteiger partial charge < -0.3 is 19.9 Å². The summed E-state index contributed by atoms with van der Waals surface area (Å²) in [6.07, 6.45) is 1.19. The van der Waals surface area contributed by atoms with Crippen LogP contribution in [0.2, 0.25) is 0 Å².